The van der Waals surface area contributed by atoms with Crippen molar-refractivity contribution in [1.82, 2.24) is 9.21 Å². The number of nitrogens with one attached hydrogen (secondary N) is 1. The van der Waals surface area contributed by atoms with E-state index in [9.17, 15) is 18.0 Å². The minimum atomic E-state index is -3.50. The smallest absolute Gasteiger partial charge is 0.291 e. The van der Waals surface area contributed by atoms with E-state index in [2.05, 4.69) is 5.32 Å². The Morgan fingerprint density at radius 1 is 1.22 bits per heavy atom. The van der Waals surface area contributed by atoms with E-state index in [0.717, 1.165) is 10.6 Å². The molecule has 1 aromatic carbocycles. The van der Waals surface area contributed by atoms with Crippen LogP contribution in [0.15, 0.2) is 28.7 Å². The molecule has 0 atom stereocenters. The van der Waals surface area contributed by atoms with Gasteiger partial charge in [-0.25, -0.2) is 8.42 Å². The first-order valence-electron chi connectivity index (χ1n) is 8.37. The van der Waals surface area contributed by atoms with Gasteiger partial charge >= 0.3 is 0 Å². The van der Waals surface area contributed by atoms with Crippen molar-refractivity contribution >= 4 is 38.5 Å². The number of rotatable bonds is 5. The van der Waals surface area contributed by atoms with Crippen molar-refractivity contribution < 1.29 is 27.2 Å². The summed E-state index contributed by atoms with van der Waals surface area (Å²) in [6, 6.07) is 6.95. The molecule has 10 heteroatoms. The molecular weight excluding hydrogens is 374 g/mol. The highest BCUT2D eigenvalue weighted by atomic mass is 32.2. The van der Waals surface area contributed by atoms with Crippen LogP contribution >= 0.6 is 0 Å². The number of anilines is 1. The lowest BCUT2D eigenvalue weighted by atomic mass is 10.2. The van der Waals surface area contributed by atoms with E-state index < -0.39 is 15.9 Å². The lowest BCUT2D eigenvalue weighted by Crippen LogP contribution is -2.41. The number of ether oxygens (including phenoxy) is 1. The molecule has 1 aliphatic rings. The fourth-order valence-corrected chi connectivity index (χ4v) is 3.08. The lowest BCUT2D eigenvalue weighted by molar-refractivity contribution is -0.116. The first-order chi connectivity index (χ1) is 12.8. The SMILES string of the molecule is CN(CC(=O)Nc1c(C(=O)N2CCOCC2)oc2ccccc12)S(C)(=O)=O. The molecule has 0 radical (unpaired) electrons. The first kappa shape index (κ1) is 19.3. The number of nitrogens with zero attached hydrogens (tertiary/aromatic N) is 2. The van der Waals surface area contributed by atoms with E-state index in [4.69, 9.17) is 9.15 Å². The summed E-state index contributed by atoms with van der Waals surface area (Å²) >= 11 is 0. The van der Waals surface area contributed by atoms with Crippen LogP contribution in [0.3, 0.4) is 0 Å². The molecule has 0 aliphatic carbocycles. The van der Waals surface area contributed by atoms with Gasteiger partial charge in [-0.05, 0) is 12.1 Å². The number of carbonyl (C=O) groups excluding carboxylic acids is 2. The maximum absolute atomic E-state index is 12.9. The zero-order chi connectivity index (χ0) is 19.6. The molecule has 1 saturated heterocycles. The van der Waals surface area contributed by atoms with Crippen LogP contribution in [0, 0.1) is 0 Å². The minimum absolute atomic E-state index is 0.0217. The van der Waals surface area contributed by atoms with E-state index >= 15 is 0 Å². The molecule has 0 spiro atoms. The molecule has 0 bridgehead atoms. The minimum Gasteiger partial charge on any atom is -0.449 e. The summed E-state index contributed by atoms with van der Waals surface area (Å²) in [5.41, 5.74) is 0.704. The van der Waals surface area contributed by atoms with Gasteiger partial charge in [0.05, 0.1) is 26.0 Å². The summed E-state index contributed by atoms with van der Waals surface area (Å²) in [5.74, 6) is -0.889. The number of benzene rings is 1. The Balaban J connectivity index is 1.91. The number of hydrogen-bond acceptors (Lipinski definition) is 6. The molecular formula is C17H21N3O6S. The quantitative estimate of drug-likeness (QED) is 0.800. The van der Waals surface area contributed by atoms with Crippen molar-refractivity contribution in [2.24, 2.45) is 0 Å². The van der Waals surface area contributed by atoms with Gasteiger partial charge in [0.1, 0.15) is 11.3 Å². The average molecular weight is 395 g/mol. The van der Waals surface area contributed by atoms with Gasteiger partial charge in [-0.1, -0.05) is 12.1 Å². The monoisotopic (exact) mass is 395 g/mol. The third kappa shape index (κ3) is 4.29. The highest BCUT2D eigenvalue weighted by molar-refractivity contribution is 7.88. The predicted molar refractivity (Wildman–Crippen MR) is 99.0 cm³/mol. The van der Waals surface area contributed by atoms with Gasteiger partial charge < -0.3 is 19.4 Å². The van der Waals surface area contributed by atoms with Gasteiger partial charge in [0.15, 0.2) is 0 Å². The highest BCUT2D eigenvalue weighted by Gasteiger charge is 2.28. The van der Waals surface area contributed by atoms with E-state index in [-0.39, 0.29) is 23.9 Å². The van der Waals surface area contributed by atoms with E-state index in [0.29, 0.717) is 37.3 Å². The molecule has 2 heterocycles. The second kappa shape index (κ2) is 7.67. The van der Waals surface area contributed by atoms with Crippen LogP contribution in [-0.2, 0) is 19.6 Å². The van der Waals surface area contributed by atoms with Crippen LogP contribution in [0.2, 0.25) is 0 Å². The second-order valence-electron chi connectivity index (χ2n) is 6.27. The van der Waals surface area contributed by atoms with Crippen molar-refractivity contribution in [2.75, 3.05) is 51.5 Å². The number of para-hydroxylation sites is 1. The number of sulfonamides is 1. The van der Waals surface area contributed by atoms with Gasteiger partial charge in [-0.3, -0.25) is 9.59 Å². The zero-order valence-electron chi connectivity index (χ0n) is 15.1. The second-order valence-corrected chi connectivity index (χ2v) is 8.36. The van der Waals surface area contributed by atoms with Gasteiger partial charge in [0, 0.05) is 25.5 Å². The van der Waals surface area contributed by atoms with Gasteiger partial charge in [0.2, 0.25) is 21.7 Å². The van der Waals surface area contributed by atoms with Crippen LogP contribution in [0.25, 0.3) is 11.0 Å². The maximum atomic E-state index is 12.9. The molecule has 0 unspecified atom stereocenters. The number of carbonyl (C=O) groups is 2. The molecule has 1 N–H and O–H groups in total. The summed E-state index contributed by atoms with van der Waals surface area (Å²) in [4.78, 5) is 26.8. The number of hydrogen-bond donors (Lipinski definition) is 1. The summed E-state index contributed by atoms with van der Waals surface area (Å²) < 4.78 is 34.9. The molecule has 2 aromatic rings. The first-order valence-corrected chi connectivity index (χ1v) is 10.2. The lowest BCUT2D eigenvalue weighted by Gasteiger charge is -2.26. The van der Waals surface area contributed by atoms with Crippen molar-refractivity contribution in [3.05, 3.63) is 30.0 Å². The summed E-state index contributed by atoms with van der Waals surface area (Å²) in [6.45, 7) is 1.36. The number of morpholine rings is 1. The highest BCUT2D eigenvalue weighted by Crippen LogP contribution is 2.32. The maximum Gasteiger partial charge on any atom is 0.291 e. The predicted octanol–water partition coefficient (Wildman–Crippen LogP) is 0.735. The largest absolute Gasteiger partial charge is 0.449 e. The fraction of sp³-hybridized carbons (Fsp3) is 0.412. The Hall–Kier alpha value is -2.43. The molecule has 2 amide bonds. The van der Waals surface area contributed by atoms with Crippen molar-refractivity contribution in [2.45, 2.75) is 0 Å². The van der Waals surface area contributed by atoms with Crippen LogP contribution in [0.1, 0.15) is 10.6 Å². The van der Waals surface area contributed by atoms with Crippen molar-refractivity contribution in [3.8, 4) is 0 Å². The van der Waals surface area contributed by atoms with E-state index in [1.165, 1.54) is 7.05 Å². The number of furan rings is 1. The van der Waals surface area contributed by atoms with E-state index in [1.54, 1.807) is 29.2 Å². The molecule has 9 nitrogen and oxygen atoms in total. The van der Waals surface area contributed by atoms with Crippen LogP contribution in [-0.4, -0.2) is 75.6 Å². The topological polar surface area (TPSA) is 109 Å². The van der Waals surface area contributed by atoms with Crippen LogP contribution in [0.4, 0.5) is 5.69 Å². The number of fused-ring (bicyclic) bond motifs is 1. The standard InChI is InChI=1S/C17H21N3O6S/c1-19(27(2,23)24)11-14(21)18-15-12-5-3-4-6-13(12)26-16(15)17(22)20-7-9-25-10-8-20/h3-6H,7-11H2,1-2H3,(H,18,21). The molecule has 1 fully saturated rings. The van der Waals surface area contributed by atoms with Gasteiger partial charge in [-0.15, -0.1) is 0 Å². The zero-order valence-corrected chi connectivity index (χ0v) is 15.9. The van der Waals surface area contributed by atoms with Gasteiger partial charge in [-0.2, -0.15) is 4.31 Å². The Morgan fingerprint density at radius 3 is 2.56 bits per heavy atom. The Bertz CT molecular complexity index is 962. The van der Waals surface area contributed by atoms with Gasteiger partial charge in [0.25, 0.3) is 5.91 Å². The van der Waals surface area contributed by atoms with Crippen molar-refractivity contribution in [1.29, 1.82) is 0 Å². The normalized spacial score (nSPS) is 15.3. The van der Waals surface area contributed by atoms with Crippen molar-refractivity contribution in [3.63, 3.8) is 0 Å². The summed E-state index contributed by atoms with van der Waals surface area (Å²) in [6.07, 6.45) is 1.01. The van der Waals surface area contributed by atoms with Crippen LogP contribution < -0.4 is 5.32 Å². The molecule has 0 saturated carbocycles. The molecule has 1 aromatic heterocycles. The summed E-state index contributed by atoms with van der Waals surface area (Å²) in [7, 11) is -2.20. The Morgan fingerprint density at radius 2 is 1.89 bits per heavy atom. The number of amides is 2. The summed E-state index contributed by atoms with van der Waals surface area (Å²) in [5, 5.41) is 3.21. The third-order valence-corrected chi connectivity index (χ3v) is 5.55. The molecule has 27 heavy (non-hydrogen) atoms. The van der Waals surface area contributed by atoms with E-state index in [1.807, 2.05) is 0 Å². The molecule has 1 aliphatic heterocycles. The third-order valence-electron chi connectivity index (χ3n) is 4.28. The molecule has 146 valence electrons. The molecule has 3 rings (SSSR count). The average Bonchev–Trinajstić information content (AvgIpc) is 2.99. The number of likely N-dealkylation sites (N-methyl/N-ethyl adjacent to an activating group) is 1. The fourth-order valence-electron chi connectivity index (χ4n) is 2.73. The Kier molecular flexibility index (Phi) is 5.49. The Labute approximate surface area is 156 Å². The van der Waals surface area contributed by atoms with Crippen LogP contribution in [0.5, 0.6) is 0 Å².